The average molecular weight is 612 g/mol. The Bertz CT molecular complexity index is 2350. The number of aromatic nitrogens is 2. The van der Waals surface area contributed by atoms with Crippen molar-refractivity contribution in [3.8, 4) is 22.6 Å². The van der Waals surface area contributed by atoms with Crippen LogP contribution in [0.5, 0.6) is 0 Å². The Labute approximate surface area is 273 Å². The molecule has 0 radical (unpaired) electrons. The van der Waals surface area contributed by atoms with E-state index >= 15 is 0 Å². The first-order chi connectivity index (χ1) is 22.5. The fraction of sp³-hybridized carbons (Fsp3) is 0.143. The number of benzene rings is 4. The van der Waals surface area contributed by atoms with E-state index in [2.05, 4.69) is 135 Å². The summed E-state index contributed by atoms with van der Waals surface area (Å²) in [5, 5.41) is 3.74. The van der Waals surface area contributed by atoms with E-state index < -0.39 is 0 Å². The van der Waals surface area contributed by atoms with E-state index in [9.17, 15) is 0 Å². The molecule has 0 amide bonds. The van der Waals surface area contributed by atoms with Crippen LogP contribution in [0.2, 0.25) is 0 Å². The van der Waals surface area contributed by atoms with Crippen molar-refractivity contribution >= 4 is 61.3 Å². The van der Waals surface area contributed by atoms with Crippen LogP contribution in [0, 0.1) is 5.92 Å². The predicted octanol–water partition coefficient (Wildman–Crippen LogP) is 11.2. The molecule has 0 saturated heterocycles. The molecule has 0 saturated carbocycles. The van der Waals surface area contributed by atoms with E-state index in [4.69, 9.17) is 9.97 Å². The fourth-order valence-electron chi connectivity index (χ4n) is 7.94. The molecule has 3 nitrogen and oxygen atoms in total. The molecule has 4 heteroatoms. The molecule has 222 valence electrons. The molecular weight excluding hydrogens is 579 g/mol. The lowest BCUT2D eigenvalue weighted by Crippen LogP contribution is -2.49. The van der Waals surface area contributed by atoms with Crippen LogP contribution in [0.25, 0.3) is 61.2 Å². The molecule has 2 aliphatic heterocycles. The SMILES string of the molecule is C=Cc1c(/C=C\C)nc(-c2ccc3c(c2)C(C)(C)C2C=CC=C4c5sc6ccccc6c5N3C42)nc1-c1ccc2ccccc2c1. The summed E-state index contributed by atoms with van der Waals surface area (Å²) in [6.45, 7) is 11.0. The first-order valence-electron chi connectivity index (χ1n) is 16.0. The monoisotopic (exact) mass is 611 g/mol. The number of allylic oxidation sites excluding steroid dienone is 3. The van der Waals surface area contributed by atoms with Crippen LogP contribution in [0.1, 0.15) is 42.5 Å². The van der Waals surface area contributed by atoms with Gasteiger partial charge >= 0.3 is 0 Å². The minimum absolute atomic E-state index is 0.0964. The lowest BCUT2D eigenvalue weighted by molar-refractivity contribution is 0.341. The van der Waals surface area contributed by atoms with E-state index in [-0.39, 0.29) is 5.41 Å². The number of anilines is 2. The zero-order valence-corrected chi connectivity index (χ0v) is 27.0. The van der Waals surface area contributed by atoms with Gasteiger partial charge in [-0.1, -0.05) is 105 Å². The van der Waals surface area contributed by atoms with Gasteiger partial charge in [-0.15, -0.1) is 11.3 Å². The maximum atomic E-state index is 5.28. The van der Waals surface area contributed by atoms with Crippen molar-refractivity contribution in [2.24, 2.45) is 5.92 Å². The number of thiophene rings is 1. The summed E-state index contributed by atoms with van der Waals surface area (Å²) < 4.78 is 1.34. The fourth-order valence-corrected chi connectivity index (χ4v) is 9.19. The van der Waals surface area contributed by atoms with Gasteiger partial charge in [-0.2, -0.15) is 0 Å². The molecule has 1 aliphatic carbocycles. The lowest BCUT2D eigenvalue weighted by atomic mass is 9.64. The molecular formula is C42H33N3S. The van der Waals surface area contributed by atoms with Gasteiger partial charge in [0.2, 0.25) is 0 Å². The Kier molecular flexibility index (Phi) is 5.91. The quantitative estimate of drug-likeness (QED) is 0.199. The minimum atomic E-state index is -0.0964. The molecule has 0 N–H and O–H groups in total. The highest BCUT2D eigenvalue weighted by Crippen LogP contribution is 2.62. The van der Waals surface area contributed by atoms with Gasteiger partial charge in [0.1, 0.15) is 0 Å². The van der Waals surface area contributed by atoms with E-state index in [1.54, 1.807) is 0 Å². The van der Waals surface area contributed by atoms with Crippen LogP contribution >= 0.6 is 11.3 Å². The van der Waals surface area contributed by atoms with Gasteiger partial charge in [0.15, 0.2) is 5.82 Å². The number of hydrogen-bond acceptors (Lipinski definition) is 4. The van der Waals surface area contributed by atoms with Crippen molar-refractivity contribution in [1.82, 2.24) is 9.97 Å². The largest absolute Gasteiger partial charge is 0.331 e. The molecule has 0 bridgehead atoms. The van der Waals surface area contributed by atoms with Crippen LogP contribution < -0.4 is 4.90 Å². The Morgan fingerprint density at radius 1 is 0.891 bits per heavy atom. The normalized spacial score (nSPS) is 18.9. The first-order valence-corrected chi connectivity index (χ1v) is 16.8. The highest BCUT2D eigenvalue weighted by molar-refractivity contribution is 7.21. The Morgan fingerprint density at radius 3 is 2.54 bits per heavy atom. The van der Waals surface area contributed by atoms with Crippen molar-refractivity contribution in [2.45, 2.75) is 32.2 Å². The third kappa shape index (κ3) is 3.77. The molecule has 2 atom stereocenters. The molecule has 0 fully saturated rings. The summed E-state index contributed by atoms with van der Waals surface area (Å²) in [6.07, 6.45) is 13.0. The van der Waals surface area contributed by atoms with E-state index in [1.165, 1.54) is 48.2 Å². The summed E-state index contributed by atoms with van der Waals surface area (Å²) in [5.74, 6) is 1.06. The van der Waals surface area contributed by atoms with Gasteiger partial charge in [0, 0.05) is 43.8 Å². The molecule has 4 heterocycles. The zero-order chi connectivity index (χ0) is 31.2. The molecule has 4 aromatic carbocycles. The van der Waals surface area contributed by atoms with E-state index in [0.717, 1.165) is 33.9 Å². The Hall–Kier alpha value is -5.06. The highest BCUT2D eigenvalue weighted by Gasteiger charge is 2.52. The summed E-state index contributed by atoms with van der Waals surface area (Å²) >= 11 is 1.93. The van der Waals surface area contributed by atoms with Gasteiger partial charge in [-0.3, -0.25) is 0 Å². The van der Waals surface area contributed by atoms with E-state index in [1.807, 2.05) is 30.4 Å². The minimum Gasteiger partial charge on any atom is -0.331 e. The molecule has 3 aliphatic rings. The standard InChI is InChI=1S/C42H33N3S/c1-5-12-34-29(6-2)37(27-20-19-25-13-7-8-14-26(25)23-27)44-41(43-34)28-21-22-35-33(24-28)42(3,4)32-17-11-16-31-38(32)45(35)39-30-15-9-10-18-36(30)46-40(31)39/h5-24,32,38H,2H2,1,3-4H3/b12-5-. The molecule has 6 aromatic rings. The predicted molar refractivity (Wildman–Crippen MR) is 197 cm³/mol. The zero-order valence-electron chi connectivity index (χ0n) is 26.2. The topological polar surface area (TPSA) is 29.0 Å². The average Bonchev–Trinajstić information content (AvgIpc) is 3.62. The maximum Gasteiger partial charge on any atom is 0.160 e. The van der Waals surface area contributed by atoms with Crippen LogP contribution in [-0.4, -0.2) is 16.0 Å². The molecule has 9 rings (SSSR count). The number of nitrogens with zero attached hydrogens (tertiary/aromatic N) is 3. The van der Waals surface area contributed by atoms with Crippen LogP contribution in [-0.2, 0) is 5.41 Å². The van der Waals surface area contributed by atoms with E-state index in [0.29, 0.717) is 12.0 Å². The van der Waals surface area contributed by atoms with Crippen molar-refractivity contribution in [3.05, 3.63) is 138 Å². The Balaban J connectivity index is 1.25. The number of rotatable bonds is 4. The molecule has 0 spiro atoms. The smallest absolute Gasteiger partial charge is 0.160 e. The van der Waals surface area contributed by atoms with Gasteiger partial charge in [0.05, 0.1) is 28.0 Å². The summed E-state index contributed by atoms with van der Waals surface area (Å²) in [4.78, 5) is 14.5. The van der Waals surface area contributed by atoms with Crippen molar-refractivity contribution < 1.29 is 0 Å². The molecule has 46 heavy (non-hydrogen) atoms. The van der Waals surface area contributed by atoms with Gasteiger partial charge in [-0.05, 0) is 65.2 Å². The van der Waals surface area contributed by atoms with Gasteiger partial charge < -0.3 is 4.90 Å². The van der Waals surface area contributed by atoms with Gasteiger partial charge in [0.25, 0.3) is 0 Å². The van der Waals surface area contributed by atoms with Crippen molar-refractivity contribution in [3.63, 3.8) is 0 Å². The third-order valence-corrected chi connectivity index (χ3v) is 11.4. The maximum absolute atomic E-state index is 5.28. The second-order valence-corrected chi connectivity index (χ2v) is 14.1. The third-order valence-electron chi connectivity index (χ3n) is 10.2. The Morgan fingerprint density at radius 2 is 1.70 bits per heavy atom. The summed E-state index contributed by atoms with van der Waals surface area (Å²) in [6, 6.07) is 31.1. The van der Waals surface area contributed by atoms with Crippen LogP contribution in [0.15, 0.2) is 116 Å². The van der Waals surface area contributed by atoms with Gasteiger partial charge in [-0.25, -0.2) is 9.97 Å². The molecule has 2 unspecified atom stereocenters. The lowest BCUT2D eigenvalue weighted by Gasteiger charge is -2.49. The van der Waals surface area contributed by atoms with Crippen LogP contribution in [0.3, 0.4) is 0 Å². The van der Waals surface area contributed by atoms with Crippen LogP contribution in [0.4, 0.5) is 11.4 Å². The number of fused-ring (bicyclic) bond motifs is 8. The summed E-state index contributed by atoms with van der Waals surface area (Å²) in [5.41, 5.74) is 10.1. The molecule has 2 aromatic heterocycles. The van der Waals surface area contributed by atoms with Crippen molar-refractivity contribution in [1.29, 1.82) is 0 Å². The number of hydrogen-bond donors (Lipinski definition) is 0. The summed E-state index contributed by atoms with van der Waals surface area (Å²) in [7, 11) is 0. The first kappa shape index (κ1) is 27.3. The second kappa shape index (κ2) is 9.97. The highest BCUT2D eigenvalue weighted by atomic mass is 32.1. The van der Waals surface area contributed by atoms with Crippen molar-refractivity contribution in [2.75, 3.05) is 4.90 Å². The second-order valence-electron chi connectivity index (χ2n) is 13.0.